The van der Waals surface area contributed by atoms with Crippen LogP contribution in [0.25, 0.3) is 6.08 Å². The fourth-order valence-electron chi connectivity index (χ4n) is 1.78. The Bertz CT molecular complexity index is 381. The van der Waals surface area contributed by atoms with E-state index in [1.165, 1.54) is 5.56 Å². The molecule has 0 N–H and O–H groups in total. The summed E-state index contributed by atoms with van der Waals surface area (Å²) in [7, 11) is 0. The maximum absolute atomic E-state index is 5.34. The summed E-state index contributed by atoms with van der Waals surface area (Å²) in [5.41, 5.74) is 2.29. The van der Waals surface area contributed by atoms with Crippen molar-refractivity contribution in [2.24, 2.45) is 17.0 Å². The molecule has 0 fully saturated rings. The standard InChI is InChI=1S/C16H23NO/c1-13(2)16(14(3)4)17-18-12-8-11-15-9-6-5-7-10-15/h5-11,13-14H,12H2,1-4H3/b11-8+. The zero-order valence-electron chi connectivity index (χ0n) is 11.8. The molecular weight excluding hydrogens is 222 g/mol. The van der Waals surface area contributed by atoms with Crippen molar-refractivity contribution in [2.75, 3.05) is 6.61 Å². The van der Waals surface area contributed by atoms with Crippen molar-refractivity contribution in [1.82, 2.24) is 0 Å². The summed E-state index contributed by atoms with van der Waals surface area (Å²) >= 11 is 0. The molecule has 0 aliphatic rings. The summed E-state index contributed by atoms with van der Waals surface area (Å²) in [5.74, 6) is 0.867. The third-order valence-electron chi connectivity index (χ3n) is 2.63. The third-order valence-corrected chi connectivity index (χ3v) is 2.63. The van der Waals surface area contributed by atoms with Crippen LogP contribution in [0.2, 0.25) is 0 Å². The highest BCUT2D eigenvalue weighted by atomic mass is 16.6. The summed E-state index contributed by atoms with van der Waals surface area (Å²) in [5, 5.41) is 4.22. The summed E-state index contributed by atoms with van der Waals surface area (Å²) in [6.07, 6.45) is 4.02. The van der Waals surface area contributed by atoms with E-state index >= 15 is 0 Å². The van der Waals surface area contributed by atoms with Gasteiger partial charge in [-0.2, -0.15) is 0 Å². The van der Waals surface area contributed by atoms with Crippen LogP contribution in [0.4, 0.5) is 0 Å². The number of hydrogen-bond donors (Lipinski definition) is 0. The maximum Gasteiger partial charge on any atom is 0.135 e. The lowest BCUT2D eigenvalue weighted by Gasteiger charge is -2.12. The summed E-state index contributed by atoms with van der Waals surface area (Å²) in [4.78, 5) is 5.34. The molecule has 1 aromatic rings. The molecule has 0 unspecified atom stereocenters. The predicted octanol–water partition coefficient (Wildman–Crippen LogP) is 4.38. The van der Waals surface area contributed by atoms with Crippen molar-refractivity contribution in [1.29, 1.82) is 0 Å². The number of benzene rings is 1. The second-order valence-electron chi connectivity index (χ2n) is 4.93. The average molecular weight is 245 g/mol. The van der Waals surface area contributed by atoms with Gasteiger partial charge in [0.25, 0.3) is 0 Å². The molecule has 0 saturated heterocycles. The molecule has 0 aromatic heterocycles. The minimum absolute atomic E-state index is 0.433. The minimum Gasteiger partial charge on any atom is -0.392 e. The highest BCUT2D eigenvalue weighted by molar-refractivity contribution is 5.87. The molecule has 0 saturated carbocycles. The van der Waals surface area contributed by atoms with Gasteiger partial charge in [-0.25, -0.2) is 0 Å². The van der Waals surface area contributed by atoms with E-state index in [4.69, 9.17) is 4.84 Å². The molecule has 0 amide bonds. The Morgan fingerprint density at radius 1 is 1.11 bits per heavy atom. The maximum atomic E-state index is 5.34. The van der Waals surface area contributed by atoms with E-state index in [-0.39, 0.29) is 0 Å². The van der Waals surface area contributed by atoms with Crippen molar-refractivity contribution in [3.63, 3.8) is 0 Å². The Kier molecular flexibility index (Phi) is 6.20. The number of nitrogens with zero attached hydrogens (tertiary/aromatic N) is 1. The lowest BCUT2D eigenvalue weighted by molar-refractivity contribution is 0.171. The van der Waals surface area contributed by atoms with E-state index in [2.05, 4.69) is 45.0 Å². The van der Waals surface area contributed by atoms with Crippen LogP contribution in [0.3, 0.4) is 0 Å². The Hall–Kier alpha value is -1.57. The normalized spacial score (nSPS) is 11.2. The number of rotatable bonds is 6. The lowest BCUT2D eigenvalue weighted by atomic mass is 9.98. The monoisotopic (exact) mass is 245 g/mol. The largest absolute Gasteiger partial charge is 0.392 e. The number of oxime groups is 1. The van der Waals surface area contributed by atoms with Gasteiger partial charge in [-0.05, 0) is 23.5 Å². The molecule has 1 rings (SSSR count). The zero-order valence-corrected chi connectivity index (χ0v) is 11.8. The van der Waals surface area contributed by atoms with Crippen molar-refractivity contribution in [2.45, 2.75) is 27.7 Å². The van der Waals surface area contributed by atoms with Crippen LogP contribution in [0, 0.1) is 11.8 Å². The van der Waals surface area contributed by atoms with Crippen LogP contribution in [0.15, 0.2) is 41.6 Å². The molecule has 0 heterocycles. The molecule has 2 heteroatoms. The Morgan fingerprint density at radius 2 is 1.72 bits per heavy atom. The van der Waals surface area contributed by atoms with Gasteiger partial charge < -0.3 is 4.84 Å². The first kappa shape index (κ1) is 14.5. The molecule has 1 aromatic carbocycles. The van der Waals surface area contributed by atoms with Crippen LogP contribution in [-0.2, 0) is 4.84 Å². The first-order valence-corrected chi connectivity index (χ1v) is 6.52. The minimum atomic E-state index is 0.433. The van der Waals surface area contributed by atoms with E-state index in [0.29, 0.717) is 18.4 Å². The van der Waals surface area contributed by atoms with E-state index in [1.54, 1.807) is 0 Å². The molecule has 0 spiro atoms. The summed E-state index contributed by atoms with van der Waals surface area (Å²) < 4.78 is 0. The van der Waals surface area contributed by atoms with E-state index in [1.807, 2.05) is 30.4 Å². The summed E-state index contributed by atoms with van der Waals surface area (Å²) in [6.45, 7) is 9.08. The van der Waals surface area contributed by atoms with Crippen LogP contribution in [0.5, 0.6) is 0 Å². The van der Waals surface area contributed by atoms with Crippen LogP contribution in [-0.4, -0.2) is 12.3 Å². The second-order valence-corrected chi connectivity index (χ2v) is 4.93. The molecule has 0 radical (unpaired) electrons. The van der Waals surface area contributed by atoms with Gasteiger partial charge in [-0.1, -0.05) is 69.3 Å². The van der Waals surface area contributed by atoms with Crippen LogP contribution in [0.1, 0.15) is 33.3 Å². The number of hydrogen-bond acceptors (Lipinski definition) is 2. The quantitative estimate of drug-likeness (QED) is 0.414. The van der Waals surface area contributed by atoms with E-state index < -0.39 is 0 Å². The molecule has 0 bridgehead atoms. The molecule has 18 heavy (non-hydrogen) atoms. The van der Waals surface area contributed by atoms with Gasteiger partial charge in [0.2, 0.25) is 0 Å². The Balaban J connectivity index is 2.42. The van der Waals surface area contributed by atoms with Gasteiger partial charge in [0.15, 0.2) is 0 Å². The first-order chi connectivity index (χ1) is 8.61. The fourth-order valence-corrected chi connectivity index (χ4v) is 1.78. The van der Waals surface area contributed by atoms with Gasteiger partial charge >= 0.3 is 0 Å². The van der Waals surface area contributed by atoms with Crippen molar-refractivity contribution in [3.8, 4) is 0 Å². The smallest absolute Gasteiger partial charge is 0.135 e. The van der Waals surface area contributed by atoms with Crippen LogP contribution >= 0.6 is 0 Å². The first-order valence-electron chi connectivity index (χ1n) is 6.52. The van der Waals surface area contributed by atoms with Gasteiger partial charge in [-0.15, -0.1) is 0 Å². The summed E-state index contributed by atoms with van der Waals surface area (Å²) in [6, 6.07) is 10.2. The van der Waals surface area contributed by atoms with Gasteiger partial charge in [-0.3, -0.25) is 0 Å². The molecular formula is C16H23NO. The third kappa shape index (κ3) is 5.17. The van der Waals surface area contributed by atoms with Gasteiger partial charge in [0.05, 0.1) is 5.71 Å². The molecule has 0 atom stereocenters. The van der Waals surface area contributed by atoms with Gasteiger partial charge in [0, 0.05) is 0 Å². The lowest BCUT2D eigenvalue weighted by Crippen LogP contribution is -2.15. The SMILES string of the molecule is CC(C)C(=NOC/C=C/c1ccccc1)C(C)C. The Morgan fingerprint density at radius 3 is 2.28 bits per heavy atom. The van der Waals surface area contributed by atoms with Crippen LogP contribution < -0.4 is 0 Å². The van der Waals surface area contributed by atoms with E-state index in [9.17, 15) is 0 Å². The molecule has 98 valence electrons. The average Bonchev–Trinajstić information content (AvgIpc) is 2.34. The predicted molar refractivity (Wildman–Crippen MR) is 78.5 cm³/mol. The second kappa shape index (κ2) is 7.70. The Labute approximate surface area is 110 Å². The molecule has 2 nitrogen and oxygen atoms in total. The topological polar surface area (TPSA) is 21.6 Å². The molecule has 0 aliphatic heterocycles. The van der Waals surface area contributed by atoms with Crippen molar-refractivity contribution < 1.29 is 4.84 Å². The van der Waals surface area contributed by atoms with Crippen molar-refractivity contribution in [3.05, 3.63) is 42.0 Å². The fraction of sp³-hybridized carbons (Fsp3) is 0.438. The zero-order chi connectivity index (χ0) is 13.4. The van der Waals surface area contributed by atoms with E-state index in [0.717, 1.165) is 5.71 Å². The highest BCUT2D eigenvalue weighted by Crippen LogP contribution is 2.08. The van der Waals surface area contributed by atoms with Gasteiger partial charge in [0.1, 0.15) is 6.61 Å². The molecule has 0 aliphatic carbocycles. The highest BCUT2D eigenvalue weighted by Gasteiger charge is 2.10. The van der Waals surface area contributed by atoms with Crippen molar-refractivity contribution >= 4 is 11.8 Å².